The van der Waals surface area contributed by atoms with Crippen LogP contribution in [-0.2, 0) is 0 Å². The quantitative estimate of drug-likeness (QED) is 0.500. The Balaban J connectivity index is 2.11. The number of benzene rings is 1. The van der Waals surface area contributed by atoms with E-state index in [4.69, 9.17) is 5.73 Å². The van der Waals surface area contributed by atoms with Crippen molar-refractivity contribution < 1.29 is 9.18 Å². The van der Waals surface area contributed by atoms with Gasteiger partial charge in [0.25, 0.3) is 5.91 Å². The van der Waals surface area contributed by atoms with E-state index in [-0.39, 0.29) is 17.2 Å². The van der Waals surface area contributed by atoms with Gasteiger partial charge in [-0.3, -0.25) is 4.79 Å². The van der Waals surface area contributed by atoms with Gasteiger partial charge in [-0.25, -0.2) is 4.39 Å². The maximum Gasteiger partial charge on any atom is 0.251 e. The number of hydrogen-bond donors (Lipinski definition) is 2. The molecule has 3 N–H and O–H groups in total. The minimum Gasteiger partial charge on any atom is -0.399 e. The molecule has 1 aromatic carbocycles. The van der Waals surface area contributed by atoms with Crippen molar-refractivity contribution in [2.45, 2.75) is 58.3 Å². The molecule has 0 radical (unpaired) electrons. The van der Waals surface area contributed by atoms with Crippen LogP contribution < -0.4 is 11.1 Å². The van der Waals surface area contributed by atoms with E-state index in [1.54, 1.807) is 0 Å². The first-order chi connectivity index (χ1) is 10.1. The summed E-state index contributed by atoms with van der Waals surface area (Å²) in [5.74, 6) is -0.739. The lowest BCUT2D eigenvalue weighted by Crippen LogP contribution is -2.24. The standard InChI is InChI=1S/C17H27FN2O/c1-2-3-4-5-6-7-8-9-10-20-17(21)14-11-15(18)13-16(19)12-14/h11-13H,2-10,19H2,1H3,(H,20,21). The van der Waals surface area contributed by atoms with Crippen molar-refractivity contribution in [3.05, 3.63) is 29.6 Å². The van der Waals surface area contributed by atoms with E-state index >= 15 is 0 Å². The highest BCUT2D eigenvalue weighted by Crippen LogP contribution is 2.11. The number of carbonyl (C=O) groups excluding carboxylic acids is 1. The van der Waals surface area contributed by atoms with Crippen molar-refractivity contribution in [1.82, 2.24) is 5.32 Å². The minimum absolute atomic E-state index is 0.260. The second kappa shape index (κ2) is 10.2. The molecule has 4 heteroatoms. The molecule has 21 heavy (non-hydrogen) atoms. The zero-order valence-electron chi connectivity index (χ0n) is 13.0. The first-order valence-electron chi connectivity index (χ1n) is 7.97. The summed E-state index contributed by atoms with van der Waals surface area (Å²) in [6.45, 7) is 2.85. The summed E-state index contributed by atoms with van der Waals surface area (Å²) in [4.78, 5) is 11.8. The normalized spacial score (nSPS) is 10.6. The SMILES string of the molecule is CCCCCCCCCCNC(=O)c1cc(N)cc(F)c1. The van der Waals surface area contributed by atoms with Gasteiger partial charge >= 0.3 is 0 Å². The zero-order chi connectivity index (χ0) is 15.5. The molecule has 0 heterocycles. The van der Waals surface area contributed by atoms with Gasteiger partial charge in [-0.05, 0) is 24.6 Å². The molecule has 0 aromatic heterocycles. The lowest BCUT2D eigenvalue weighted by Gasteiger charge is -2.06. The fourth-order valence-electron chi connectivity index (χ4n) is 2.31. The molecule has 0 aliphatic carbocycles. The van der Waals surface area contributed by atoms with Crippen LogP contribution in [0.15, 0.2) is 18.2 Å². The number of nitrogen functional groups attached to an aromatic ring is 1. The Morgan fingerprint density at radius 3 is 2.29 bits per heavy atom. The highest BCUT2D eigenvalue weighted by Gasteiger charge is 2.07. The Labute approximate surface area is 127 Å². The van der Waals surface area contributed by atoms with Crippen molar-refractivity contribution >= 4 is 11.6 Å². The lowest BCUT2D eigenvalue weighted by molar-refractivity contribution is 0.0952. The third-order valence-electron chi connectivity index (χ3n) is 3.50. The number of halogens is 1. The number of rotatable bonds is 10. The number of hydrogen-bond acceptors (Lipinski definition) is 2. The van der Waals surface area contributed by atoms with Crippen LogP contribution >= 0.6 is 0 Å². The van der Waals surface area contributed by atoms with Gasteiger partial charge in [0.15, 0.2) is 0 Å². The molecule has 0 saturated carbocycles. The molecule has 0 saturated heterocycles. The van der Waals surface area contributed by atoms with Crippen LogP contribution in [0.5, 0.6) is 0 Å². The molecule has 1 aromatic rings. The van der Waals surface area contributed by atoms with E-state index in [0.29, 0.717) is 6.54 Å². The van der Waals surface area contributed by atoms with Gasteiger partial charge in [0.1, 0.15) is 5.82 Å². The van der Waals surface area contributed by atoms with E-state index in [9.17, 15) is 9.18 Å². The number of unbranched alkanes of at least 4 members (excludes halogenated alkanes) is 7. The average Bonchev–Trinajstić information content (AvgIpc) is 2.44. The lowest BCUT2D eigenvalue weighted by atomic mass is 10.1. The third kappa shape index (κ3) is 7.69. The maximum atomic E-state index is 13.1. The molecule has 1 rings (SSSR count). The Morgan fingerprint density at radius 2 is 1.67 bits per heavy atom. The van der Waals surface area contributed by atoms with Gasteiger partial charge in [0, 0.05) is 17.8 Å². The van der Waals surface area contributed by atoms with E-state index in [1.165, 1.54) is 56.7 Å². The van der Waals surface area contributed by atoms with Crippen LogP contribution in [0.4, 0.5) is 10.1 Å². The van der Waals surface area contributed by atoms with Gasteiger partial charge in [-0.15, -0.1) is 0 Å². The summed E-state index contributed by atoms with van der Waals surface area (Å²) in [7, 11) is 0. The van der Waals surface area contributed by atoms with E-state index < -0.39 is 5.82 Å². The van der Waals surface area contributed by atoms with Gasteiger partial charge in [0.05, 0.1) is 0 Å². The van der Waals surface area contributed by atoms with Crippen LogP contribution in [-0.4, -0.2) is 12.5 Å². The number of carbonyl (C=O) groups is 1. The number of nitrogens with two attached hydrogens (primary N) is 1. The van der Waals surface area contributed by atoms with Gasteiger partial charge < -0.3 is 11.1 Å². The van der Waals surface area contributed by atoms with Crippen molar-refractivity contribution in [2.75, 3.05) is 12.3 Å². The number of amides is 1. The van der Waals surface area contributed by atoms with Crippen LogP contribution in [0, 0.1) is 5.82 Å². The van der Waals surface area contributed by atoms with Gasteiger partial charge in [-0.1, -0.05) is 51.9 Å². The summed E-state index contributed by atoms with van der Waals surface area (Å²) in [6, 6.07) is 3.90. The molecule has 0 spiro atoms. The Bertz CT molecular complexity index is 415. The minimum atomic E-state index is -0.479. The fourth-order valence-corrected chi connectivity index (χ4v) is 2.31. The van der Waals surface area contributed by atoms with Crippen LogP contribution in [0.25, 0.3) is 0 Å². The molecule has 0 aliphatic rings. The van der Waals surface area contributed by atoms with E-state index in [2.05, 4.69) is 12.2 Å². The molecule has 0 unspecified atom stereocenters. The zero-order valence-corrected chi connectivity index (χ0v) is 13.0. The molecule has 0 aliphatic heterocycles. The monoisotopic (exact) mass is 294 g/mol. The van der Waals surface area contributed by atoms with Crippen molar-refractivity contribution in [3.63, 3.8) is 0 Å². The Morgan fingerprint density at radius 1 is 1.05 bits per heavy atom. The largest absolute Gasteiger partial charge is 0.399 e. The fraction of sp³-hybridized carbons (Fsp3) is 0.588. The second-order valence-corrected chi connectivity index (χ2v) is 5.50. The third-order valence-corrected chi connectivity index (χ3v) is 3.50. The molecule has 0 bridgehead atoms. The predicted octanol–water partition coefficient (Wildman–Crippen LogP) is 4.28. The molecular weight excluding hydrogens is 267 g/mol. The molecular formula is C17H27FN2O. The number of anilines is 1. The summed E-state index contributed by atoms with van der Waals surface area (Å²) in [5, 5.41) is 2.80. The van der Waals surface area contributed by atoms with Gasteiger partial charge in [-0.2, -0.15) is 0 Å². The average molecular weight is 294 g/mol. The summed E-state index contributed by atoms with van der Waals surface area (Å²) < 4.78 is 13.1. The van der Waals surface area contributed by atoms with Crippen LogP contribution in [0.1, 0.15) is 68.6 Å². The van der Waals surface area contributed by atoms with E-state index in [1.807, 2.05) is 0 Å². The predicted molar refractivity (Wildman–Crippen MR) is 85.8 cm³/mol. The van der Waals surface area contributed by atoms with Gasteiger partial charge in [0.2, 0.25) is 0 Å². The van der Waals surface area contributed by atoms with Crippen LogP contribution in [0.2, 0.25) is 0 Å². The molecule has 1 amide bonds. The molecule has 118 valence electrons. The summed E-state index contributed by atoms with van der Waals surface area (Å²) >= 11 is 0. The Kier molecular flexibility index (Phi) is 8.48. The van der Waals surface area contributed by atoms with E-state index in [0.717, 1.165) is 12.8 Å². The highest BCUT2D eigenvalue weighted by molar-refractivity contribution is 5.95. The molecule has 0 fully saturated rings. The highest BCUT2D eigenvalue weighted by atomic mass is 19.1. The molecule has 3 nitrogen and oxygen atoms in total. The first-order valence-corrected chi connectivity index (χ1v) is 7.97. The van der Waals surface area contributed by atoms with Crippen molar-refractivity contribution in [2.24, 2.45) is 0 Å². The summed E-state index contributed by atoms with van der Waals surface area (Å²) in [6.07, 6.45) is 9.81. The maximum absolute atomic E-state index is 13.1. The van der Waals surface area contributed by atoms with Crippen molar-refractivity contribution in [3.8, 4) is 0 Å². The first kappa shape index (κ1) is 17.5. The van der Waals surface area contributed by atoms with Crippen molar-refractivity contribution in [1.29, 1.82) is 0 Å². The second-order valence-electron chi connectivity index (χ2n) is 5.50. The van der Waals surface area contributed by atoms with Crippen LogP contribution in [0.3, 0.4) is 0 Å². The molecule has 0 atom stereocenters. The number of nitrogens with one attached hydrogen (secondary N) is 1. The smallest absolute Gasteiger partial charge is 0.251 e. The Hall–Kier alpha value is -1.58. The topological polar surface area (TPSA) is 55.1 Å². The summed E-state index contributed by atoms with van der Waals surface area (Å²) in [5.41, 5.74) is 6.08.